The molecule has 3 N–H and O–H groups in total. The van der Waals surface area contributed by atoms with Crippen LogP contribution in [0.1, 0.15) is 20.1 Å². The number of esters is 1. The maximum absolute atomic E-state index is 11.8. The highest BCUT2D eigenvalue weighted by Crippen LogP contribution is 2.30. The van der Waals surface area contributed by atoms with Crippen LogP contribution in [0, 0.1) is 6.92 Å². The first kappa shape index (κ1) is 14.7. The minimum absolute atomic E-state index is 0.339. The Morgan fingerprint density at radius 1 is 1.45 bits per heavy atom. The Labute approximate surface area is 126 Å². The molecule has 0 bridgehead atoms. The molecule has 2 rings (SSSR count). The SMILES string of the molecule is COC(=O)c1cc(N)cc(Cl)c1NCc1ccc(C)s1. The summed E-state index contributed by atoms with van der Waals surface area (Å²) in [5.41, 5.74) is 7.02. The second-order valence-corrected chi connectivity index (χ2v) is 6.06. The summed E-state index contributed by atoms with van der Waals surface area (Å²) >= 11 is 7.85. The number of nitrogens with two attached hydrogens (primary N) is 1. The van der Waals surface area contributed by atoms with Crippen molar-refractivity contribution >= 4 is 40.3 Å². The molecule has 1 aromatic carbocycles. The van der Waals surface area contributed by atoms with Crippen LogP contribution in [-0.4, -0.2) is 13.1 Å². The predicted molar refractivity (Wildman–Crippen MR) is 83.6 cm³/mol. The molecule has 0 saturated carbocycles. The molecule has 0 fully saturated rings. The first-order valence-electron chi connectivity index (χ1n) is 5.97. The molecule has 0 amide bonds. The summed E-state index contributed by atoms with van der Waals surface area (Å²) in [6, 6.07) is 7.25. The van der Waals surface area contributed by atoms with Crippen molar-refractivity contribution in [2.75, 3.05) is 18.2 Å². The molecule has 4 nitrogen and oxygen atoms in total. The van der Waals surface area contributed by atoms with E-state index in [-0.39, 0.29) is 0 Å². The summed E-state index contributed by atoms with van der Waals surface area (Å²) in [7, 11) is 1.33. The van der Waals surface area contributed by atoms with E-state index >= 15 is 0 Å². The zero-order valence-corrected chi connectivity index (χ0v) is 12.8. The largest absolute Gasteiger partial charge is 0.465 e. The van der Waals surface area contributed by atoms with Gasteiger partial charge in [-0.3, -0.25) is 0 Å². The van der Waals surface area contributed by atoms with Crippen molar-refractivity contribution < 1.29 is 9.53 Å². The van der Waals surface area contributed by atoms with Gasteiger partial charge in [0.05, 0.1) is 23.4 Å². The van der Waals surface area contributed by atoms with Crippen molar-refractivity contribution in [2.24, 2.45) is 0 Å². The lowest BCUT2D eigenvalue weighted by molar-refractivity contribution is 0.0602. The normalized spacial score (nSPS) is 10.3. The Balaban J connectivity index is 2.27. The van der Waals surface area contributed by atoms with Crippen molar-refractivity contribution in [3.05, 3.63) is 44.6 Å². The van der Waals surface area contributed by atoms with Gasteiger partial charge in [0, 0.05) is 22.0 Å². The average molecular weight is 311 g/mol. The maximum Gasteiger partial charge on any atom is 0.340 e. The minimum Gasteiger partial charge on any atom is -0.465 e. The molecule has 20 heavy (non-hydrogen) atoms. The topological polar surface area (TPSA) is 64.3 Å². The average Bonchev–Trinajstić information content (AvgIpc) is 2.81. The van der Waals surface area contributed by atoms with Crippen LogP contribution in [0.25, 0.3) is 0 Å². The summed E-state index contributed by atoms with van der Waals surface area (Å²) < 4.78 is 4.75. The van der Waals surface area contributed by atoms with Crippen molar-refractivity contribution in [1.82, 2.24) is 0 Å². The third kappa shape index (κ3) is 3.23. The molecule has 1 heterocycles. The number of anilines is 2. The number of carbonyl (C=O) groups excluding carboxylic acids is 1. The van der Waals surface area contributed by atoms with Gasteiger partial charge < -0.3 is 15.8 Å². The summed E-state index contributed by atoms with van der Waals surface area (Å²) in [5, 5.41) is 3.58. The van der Waals surface area contributed by atoms with Gasteiger partial charge >= 0.3 is 5.97 Å². The van der Waals surface area contributed by atoms with Crippen molar-refractivity contribution in [2.45, 2.75) is 13.5 Å². The molecule has 2 aromatic rings. The molecule has 0 saturated heterocycles. The number of thiophene rings is 1. The van der Waals surface area contributed by atoms with Crippen LogP contribution in [0.2, 0.25) is 5.02 Å². The highest BCUT2D eigenvalue weighted by Gasteiger charge is 2.16. The molecule has 0 aliphatic carbocycles. The fourth-order valence-electron chi connectivity index (χ4n) is 1.83. The minimum atomic E-state index is -0.468. The molecular formula is C14H15ClN2O2S. The Hall–Kier alpha value is -1.72. The van der Waals surface area contributed by atoms with E-state index in [1.807, 2.05) is 19.1 Å². The Morgan fingerprint density at radius 3 is 2.80 bits per heavy atom. The molecule has 1 aromatic heterocycles. The lowest BCUT2D eigenvalue weighted by Crippen LogP contribution is -2.09. The van der Waals surface area contributed by atoms with Gasteiger partial charge in [0.1, 0.15) is 0 Å². The first-order chi connectivity index (χ1) is 9.51. The van der Waals surface area contributed by atoms with E-state index in [1.165, 1.54) is 12.0 Å². The number of nitrogens with one attached hydrogen (secondary N) is 1. The summed E-state index contributed by atoms with van der Waals surface area (Å²) in [5.74, 6) is -0.468. The standard InChI is InChI=1S/C14H15ClN2O2S/c1-8-3-4-10(20-8)7-17-13-11(14(18)19-2)5-9(16)6-12(13)15/h3-6,17H,7,16H2,1-2H3. The van der Waals surface area contributed by atoms with Crippen molar-refractivity contribution in [1.29, 1.82) is 0 Å². The van der Waals surface area contributed by atoms with E-state index in [2.05, 4.69) is 5.32 Å². The van der Waals surface area contributed by atoms with Crippen LogP contribution >= 0.6 is 22.9 Å². The molecule has 6 heteroatoms. The Morgan fingerprint density at radius 2 is 2.20 bits per heavy atom. The molecular weight excluding hydrogens is 296 g/mol. The number of aryl methyl sites for hydroxylation is 1. The first-order valence-corrected chi connectivity index (χ1v) is 7.17. The van der Waals surface area contributed by atoms with Crippen LogP contribution in [0.5, 0.6) is 0 Å². The van der Waals surface area contributed by atoms with Gasteiger partial charge in [-0.05, 0) is 31.2 Å². The zero-order valence-electron chi connectivity index (χ0n) is 11.2. The summed E-state index contributed by atoms with van der Waals surface area (Å²) in [4.78, 5) is 14.2. The fourth-order valence-corrected chi connectivity index (χ4v) is 2.96. The number of rotatable bonds is 4. The number of hydrogen-bond acceptors (Lipinski definition) is 5. The van der Waals surface area contributed by atoms with E-state index in [9.17, 15) is 4.79 Å². The lowest BCUT2D eigenvalue weighted by Gasteiger charge is -2.13. The van der Waals surface area contributed by atoms with Gasteiger partial charge in [0.25, 0.3) is 0 Å². The van der Waals surface area contributed by atoms with E-state index < -0.39 is 5.97 Å². The van der Waals surface area contributed by atoms with Crippen molar-refractivity contribution in [3.63, 3.8) is 0 Å². The number of benzene rings is 1. The molecule has 0 spiro atoms. The van der Waals surface area contributed by atoms with Gasteiger partial charge in [-0.25, -0.2) is 4.79 Å². The number of methoxy groups -OCH3 is 1. The Bertz CT molecular complexity index is 640. The number of hydrogen-bond donors (Lipinski definition) is 2. The van der Waals surface area contributed by atoms with E-state index in [1.54, 1.807) is 23.5 Å². The van der Waals surface area contributed by atoms with Crippen molar-refractivity contribution in [3.8, 4) is 0 Å². The quantitative estimate of drug-likeness (QED) is 0.667. The lowest BCUT2D eigenvalue weighted by atomic mass is 10.1. The number of ether oxygens (including phenoxy) is 1. The van der Waals surface area contributed by atoms with Crippen LogP contribution in [0.3, 0.4) is 0 Å². The summed E-state index contributed by atoms with van der Waals surface area (Å²) in [6.45, 7) is 2.64. The Kier molecular flexibility index (Phi) is 4.52. The van der Waals surface area contributed by atoms with Gasteiger partial charge in [-0.2, -0.15) is 0 Å². The van der Waals surface area contributed by atoms with Gasteiger partial charge in [0.15, 0.2) is 0 Å². The van der Waals surface area contributed by atoms with E-state index in [0.29, 0.717) is 28.5 Å². The maximum atomic E-state index is 11.8. The van der Waals surface area contributed by atoms with E-state index in [0.717, 1.165) is 4.88 Å². The molecule has 0 aliphatic rings. The highest BCUT2D eigenvalue weighted by molar-refractivity contribution is 7.11. The molecule has 0 radical (unpaired) electrons. The second-order valence-electron chi connectivity index (χ2n) is 4.28. The highest BCUT2D eigenvalue weighted by atomic mass is 35.5. The molecule has 0 unspecified atom stereocenters. The predicted octanol–water partition coefficient (Wildman–Crippen LogP) is 3.69. The van der Waals surface area contributed by atoms with Crippen LogP contribution in [-0.2, 0) is 11.3 Å². The van der Waals surface area contributed by atoms with Gasteiger partial charge in [-0.1, -0.05) is 11.6 Å². The molecule has 0 atom stereocenters. The van der Waals surface area contributed by atoms with Crippen LogP contribution < -0.4 is 11.1 Å². The zero-order chi connectivity index (χ0) is 14.7. The van der Waals surface area contributed by atoms with Gasteiger partial charge in [-0.15, -0.1) is 11.3 Å². The molecule has 106 valence electrons. The smallest absolute Gasteiger partial charge is 0.340 e. The number of carbonyl (C=O) groups is 1. The monoisotopic (exact) mass is 310 g/mol. The van der Waals surface area contributed by atoms with Crippen LogP contribution in [0.4, 0.5) is 11.4 Å². The van der Waals surface area contributed by atoms with Gasteiger partial charge in [0.2, 0.25) is 0 Å². The fraction of sp³-hybridized carbons (Fsp3) is 0.214. The second kappa shape index (κ2) is 6.15. The number of nitrogen functional groups attached to an aromatic ring is 1. The van der Waals surface area contributed by atoms with Crippen LogP contribution in [0.15, 0.2) is 24.3 Å². The third-order valence-electron chi connectivity index (χ3n) is 2.75. The number of halogens is 1. The summed E-state index contributed by atoms with van der Waals surface area (Å²) in [6.07, 6.45) is 0. The molecule has 0 aliphatic heterocycles. The van der Waals surface area contributed by atoms with E-state index in [4.69, 9.17) is 22.1 Å². The third-order valence-corrected chi connectivity index (χ3v) is 4.05.